The monoisotopic (exact) mass is 290 g/mol. The molecule has 1 aromatic rings. The molecule has 0 saturated carbocycles. The number of fused-ring (bicyclic) bond motifs is 1. The van der Waals surface area contributed by atoms with Gasteiger partial charge in [0.1, 0.15) is 0 Å². The predicted molar refractivity (Wildman–Crippen MR) is 51.2 cm³/mol. The van der Waals surface area contributed by atoms with Crippen molar-refractivity contribution in [2.24, 2.45) is 0 Å². The highest BCUT2D eigenvalue weighted by Crippen LogP contribution is 2.38. The Morgan fingerprint density at radius 1 is 1.42 bits per heavy atom. The van der Waals surface area contributed by atoms with Gasteiger partial charge in [-0.25, -0.2) is 4.79 Å². The second-order valence-electron chi connectivity index (χ2n) is 2.43. The Morgan fingerprint density at radius 3 is 2.83 bits per heavy atom. The van der Waals surface area contributed by atoms with E-state index in [1.54, 1.807) is 0 Å². The summed E-state index contributed by atoms with van der Waals surface area (Å²) in [7, 11) is 0. The van der Waals surface area contributed by atoms with Crippen LogP contribution in [0.4, 0.5) is 0 Å². The smallest absolute Gasteiger partial charge is 0.341 e. The van der Waals surface area contributed by atoms with E-state index in [0.717, 1.165) is 10.0 Å². The van der Waals surface area contributed by atoms with E-state index in [1.807, 2.05) is 18.2 Å². The number of benzene rings is 1. The normalized spacial score (nSPS) is 20.5. The van der Waals surface area contributed by atoms with Crippen molar-refractivity contribution in [1.82, 2.24) is 0 Å². The topological polar surface area (TPSA) is 26.3 Å². The number of rotatable bonds is 0. The van der Waals surface area contributed by atoms with Crippen LogP contribution in [0.5, 0.6) is 0 Å². The molecule has 4 heteroatoms. The van der Waals surface area contributed by atoms with Gasteiger partial charge in [-0.3, -0.25) is 0 Å². The lowest BCUT2D eigenvalue weighted by molar-refractivity contribution is 0.0529. The molecular formula is C8H4Br2O2. The standard InChI is InChI=1S/C8H4Br2O2/c9-5-3-1-2-4-6(5)8(11)12-7(4)10/h1-3,7H/t7-/m0/s1. The summed E-state index contributed by atoms with van der Waals surface area (Å²) >= 11 is 6.54. The molecular weight excluding hydrogens is 288 g/mol. The molecule has 1 heterocycles. The van der Waals surface area contributed by atoms with E-state index in [9.17, 15) is 4.79 Å². The average molecular weight is 292 g/mol. The molecule has 0 aliphatic carbocycles. The molecule has 0 N–H and O–H groups in total. The summed E-state index contributed by atoms with van der Waals surface area (Å²) in [6, 6.07) is 5.56. The molecule has 0 unspecified atom stereocenters. The van der Waals surface area contributed by atoms with Crippen molar-refractivity contribution in [3.8, 4) is 0 Å². The highest BCUT2D eigenvalue weighted by Gasteiger charge is 2.30. The van der Waals surface area contributed by atoms with E-state index < -0.39 is 0 Å². The van der Waals surface area contributed by atoms with Crippen molar-refractivity contribution in [2.75, 3.05) is 0 Å². The van der Waals surface area contributed by atoms with Crippen molar-refractivity contribution in [3.05, 3.63) is 33.8 Å². The number of esters is 1. The van der Waals surface area contributed by atoms with Gasteiger partial charge in [0, 0.05) is 10.0 Å². The fourth-order valence-corrected chi connectivity index (χ4v) is 2.26. The average Bonchev–Trinajstić information content (AvgIpc) is 2.29. The molecule has 1 aliphatic rings. The van der Waals surface area contributed by atoms with E-state index in [2.05, 4.69) is 31.9 Å². The number of hydrogen-bond donors (Lipinski definition) is 0. The first kappa shape index (κ1) is 8.26. The Kier molecular flexibility index (Phi) is 1.96. The zero-order valence-electron chi connectivity index (χ0n) is 5.88. The molecule has 1 atom stereocenters. The maximum Gasteiger partial charge on any atom is 0.341 e. The van der Waals surface area contributed by atoms with E-state index >= 15 is 0 Å². The Hall–Kier alpha value is -0.350. The van der Waals surface area contributed by atoms with Crippen LogP contribution < -0.4 is 0 Å². The summed E-state index contributed by atoms with van der Waals surface area (Å²) < 4.78 is 5.74. The molecule has 0 aromatic heterocycles. The van der Waals surface area contributed by atoms with Gasteiger partial charge in [-0.15, -0.1) is 0 Å². The van der Waals surface area contributed by atoms with Gasteiger partial charge in [0.2, 0.25) is 0 Å². The summed E-state index contributed by atoms with van der Waals surface area (Å²) in [6.45, 7) is 0. The van der Waals surface area contributed by atoms with Crippen molar-refractivity contribution in [1.29, 1.82) is 0 Å². The van der Waals surface area contributed by atoms with Crippen molar-refractivity contribution >= 4 is 37.8 Å². The van der Waals surface area contributed by atoms with E-state index in [0.29, 0.717) is 5.56 Å². The van der Waals surface area contributed by atoms with Gasteiger partial charge in [-0.1, -0.05) is 12.1 Å². The lowest BCUT2D eigenvalue weighted by atomic mass is 10.1. The Labute approximate surface area is 86.2 Å². The number of cyclic esters (lactones) is 1. The van der Waals surface area contributed by atoms with Gasteiger partial charge in [-0.05, 0) is 37.9 Å². The van der Waals surface area contributed by atoms with Gasteiger partial charge in [0.25, 0.3) is 0 Å². The van der Waals surface area contributed by atoms with Crippen LogP contribution in [0.15, 0.2) is 22.7 Å². The second-order valence-corrected chi connectivity index (χ2v) is 4.11. The quantitative estimate of drug-likeness (QED) is 0.542. The molecule has 0 radical (unpaired) electrons. The molecule has 0 bridgehead atoms. The molecule has 12 heavy (non-hydrogen) atoms. The summed E-state index contributed by atoms with van der Waals surface area (Å²) in [5.74, 6) is -0.278. The molecule has 2 nitrogen and oxygen atoms in total. The van der Waals surface area contributed by atoms with E-state index in [1.165, 1.54) is 0 Å². The van der Waals surface area contributed by atoms with Crippen LogP contribution >= 0.6 is 31.9 Å². The minimum atomic E-state index is -0.294. The third kappa shape index (κ3) is 1.10. The van der Waals surface area contributed by atoms with Gasteiger partial charge in [-0.2, -0.15) is 0 Å². The molecule has 62 valence electrons. The number of carbonyl (C=O) groups excluding carboxylic acids is 1. The van der Waals surface area contributed by atoms with Gasteiger partial charge in [0.15, 0.2) is 5.01 Å². The molecule has 0 saturated heterocycles. The number of carbonyl (C=O) groups is 1. The fraction of sp³-hybridized carbons (Fsp3) is 0.125. The SMILES string of the molecule is O=C1O[C@H](Br)c2cccc(Br)c21. The third-order valence-corrected chi connectivity index (χ3v) is 3.05. The first-order valence-corrected chi connectivity index (χ1v) is 5.04. The molecule has 1 aromatic carbocycles. The van der Waals surface area contributed by atoms with Crippen molar-refractivity contribution < 1.29 is 9.53 Å². The fourth-order valence-electron chi connectivity index (χ4n) is 1.16. The maximum atomic E-state index is 11.2. The van der Waals surface area contributed by atoms with Crippen molar-refractivity contribution in [2.45, 2.75) is 5.01 Å². The van der Waals surface area contributed by atoms with Gasteiger partial charge in [0.05, 0.1) is 5.56 Å². The minimum absolute atomic E-state index is 0.278. The van der Waals surface area contributed by atoms with Crippen LogP contribution in [0.3, 0.4) is 0 Å². The first-order valence-electron chi connectivity index (χ1n) is 3.33. The lowest BCUT2D eigenvalue weighted by Crippen LogP contribution is -1.94. The first-order chi connectivity index (χ1) is 5.70. The van der Waals surface area contributed by atoms with Gasteiger partial charge < -0.3 is 4.74 Å². The minimum Gasteiger partial charge on any atom is -0.442 e. The third-order valence-electron chi connectivity index (χ3n) is 1.70. The highest BCUT2D eigenvalue weighted by atomic mass is 79.9. The Morgan fingerprint density at radius 2 is 2.17 bits per heavy atom. The highest BCUT2D eigenvalue weighted by molar-refractivity contribution is 9.10. The maximum absolute atomic E-state index is 11.2. The molecule has 1 aliphatic heterocycles. The number of ether oxygens (including phenoxy) is 1. The zero-order chi connectivity index (χ0) is 8.72. The summed E-state index contributed by atoms with van der Waals surface area (Å²) in [5.41, 5.74) is 1.51. The lowest BCUT2D eigenvalue weighted by Gasteiger charge is -1.98. The molecule has 2 rings (SSSR count). The van der Waals surface area contributed by atoms with E-state index in [-0.39, 0.29) is 11.0 Å². The number of alkyl halides is 1. The summed E-state index contributed by atoms with van der Waals surface area (Å²) in [5, 5.41) is -0.294. The second kappa shape index (κ2) is 2.85. The number of hydrogen-bond acceptors (Lipinski definition) is 2. The van der Waals surface area contributed by atoms with Crippen LogP contribution in [0.2, 0.25) is 0 Å². The summed E-state index contributed by atoms with van der Waals surface area (Å²) in [4.78, 5) is 11.2. The van der Waals surface area contributed by atoms with Gasteiger partial charge >= 0.3 is 5.97 Å². The Bertz CT molecular complexity index is 349. The predicted octanol–water partition coefficient (Wildman–Crippen LogP) is 3.01. The van der Waals surface area contributed by atoms with Crippen LogP contribution in [-0.2, 0) is 4.74 Å². The zero-order valence-corrected chi connectivity index (χ0v) is 9.05. The van der Waals surface area contributed by atoms with E-state index in [4.69, 9.17) is 4.74 Å². The molecule has 0 amide bonds. The van der Waals surface area contributed by atoms with Crippen LogP contribution in [0.25, 0.3) is 0 Å². The largest absolute Gasteiger partial charge is 0.442 e. The summed E-state index contributed by atoms with van der Waals surface area (Å²) in [6.07, 6.45) is 0. The van der Waals surface area contributed by atoms with Crippen LogP contribution in [0.1, 0.15) is 20.9 Å². The molecule has 0 spiro atoms. The number of halogens is 2. The van der Waals surface area contributed by atoms with Crippen LogP contribution in [-0.4, -0.2) is 5.97 Å². The van der Waals surface area contributed by atoms with Crippen LogP contribution in [0, 0.1) is 0 Å². The van der Waals surface area contributed by atoms with Crippen molar-refractivity contribution in [3.63, 3.8) is 0 Å². The Balaban J connectivity index is 2.67. The molecule has 0 fully saturated rings.